The Bertz CT molecular complexity index is 1700. The molecular formula is C38H50N8O4. The van der Waals surface area contributed by atoms with Crippen LogP contribution in [0.2, 0.25) is 0 Å². The van der Waals surface area contributed by atoms with Gasteiger partial charge in [0.15, 0.2) is 6.10 Å². The molecule has 4 aliphatic heterocycles. The number of ether oxygens (including phenoxy) is 1. The molecule has 5 heterocycles. The van der Waals surface area contributed by atoms with E-state index in [4.69, 9.17) is 4.74 Å². The second-order valence-corrected chi connectivity index (χ2v) is 14.9. The number of hydrogen-bond acceptors (Lipinski definition) is 7. The minimum atomic E-state index is -0.919. The second kappa shape index (κ2) is 14.2. The van der Waals surface area contributed by atoms with Crippen LogP contribution >= 0.6 is 0 Å². The molecule has 0 spiro atoms. The van der Waals surface area contributed by atoms with Crippen LogP contribution in [-0.4, -0.2) is 136 Å². The molecular weight excluding hydrogens is 632 g/mol. The minimum absolute atomic E-state index is 0.0356. The number of benzene rings is 2. The highest BCUT2D eigenvalue weighted by Gasteiger charge is 2.38. The summed E-state index contributed by atoms with van der Waals surface area (Å²) in [5, 5.41) is 11.3. The maximum Gasteiger partial charge on any atom is 0.410 e. The molecule has 50 heavy (non-hydrogen) atoms. The molecule has 3 saturated heterocycles. The van der Waals surface area contributed by atoms with Crippen LogP contribution in [0.15, 0.2) is 42.6 Å². The van der Waals surface area contributed by atoms with Crippen molar-refractivity contribution in [3.63, 3.8) is 0 Å². The highest BCUT2D eigenvalue weighted by Crippen LogP contribution is 2.30. The molecule has 12 nitrogen and oxygen atoms in total. The fraction of sp³-hybridized carbons (Fsp3) is 0.579. The molecule has 1 aromatic heterocycles. The van der Waals surface area contributed by atoms with E-state index in [-0.39, 0.29) is 18.0 Å². The van der Waals surface area contributed by atoms with Crippen molar-refractivity contribution in [2.24, 2.45) is 0 Å². The number of rotatable bonds is 7. The number of aromatic amines is 1. The van der Waals surface area contributed by atoms with Crippen molar-refractivity contribution in [2.75, 3.05) is 64.2 Å². The van der Waals surface area contributed by atoms with Crippen LogP contribution in [0.25, 0.3) is 10.9 Å². The number of piperidine rings is 2. The molecule has 12 heteroatoms. The number of likely N-dealkylation sites (tertiary alicyclic amines) is 2. The smallest absolute Gasteiger partial charge is 0.410 e. The third-order valence-corrected chi connectivity index (χ3v) is 11.8. The summed E-state index contributed by atoms with van der Waals surface area (Å²) in [6.45, 7) is 9.48. The first-order chi connectivity index (χ1) is 24.4. The molecule has 1 atom stereocenters. The largest absolute Gasteiger partial charge is 0.436 e. The minimum Gasteiger partial charge on any atom is -0.436 e. The fourth-order valence-corrected chi connectivity index (χ4v) is 8.68. The SMILES string of the molecule is Cc1cc(CC(OC(=O)N2CCC(N3CCc4ccccc4NC3=O)CC2)C(=O)N2CCC(N3CCN(C4CC4)CC3)CC2)cc2cn[nH]c12. The van der Waals surface area contributed by atoms with Gasteiger partial charge in [-0.25, -0.2) is 9.59 Å². The molecule has 266 valence electrons. The number of urea groups is 1. The van der Waals surface area contributed by atoms with Gasteiger partial charge in [-0.1, -0.05) is 24.3 Å². The Morgan fingerprint density at radius 2 is 1.50 bits per heavy atom. The molecule has 1 aliphatic carbocycles. The van der Waals surface area contributed by atoms with Crippen molar-refractivity contribution >= 4 is 34.6 Å². The number of aromatic nitrogens is 2. The molecule has 5 aliphatic rings. The van der Waals surface area contributed by atoms with E-state index in [0.29, 0.717) is 58.0 Å². The zero-order valence-electron chi connectivity index (χ0n) is 29.2. The number of H-pyrrole nitrogens is 1. The number of piperazine rings is 1. The Hall–Kier alpha value is -4.16. The molecule has 2 N–H and O–H groups in total. The van der Waals surface area contributed by atoms with Gasteiger partial charge in [0.1, 0.15) is 0 Å². The molecule has 0 radical (unpaired) electrons. The van der Waals surface area contributed by atoms with Crippen LogP contribution in [0.4, 0.5) is 15.3 Å². The van der Waals surface area contributed by atoms with E-state index in [1.165, 1.54) is 12.8 Å². The Morgan fingerprint density at radius 3 is 2.22 bits per heavy atom. The Morgan fingerprint density at radius 1 is 0.840 bits per heavy atom. The fourth-order valence-electron chi connectivity index (χ4n) is 8.68. The number of nitrogens with zero attached hydrogens (tertiary/aromatic N) is 6. The number of fused-ring (bicyclic) bond motifs is 2. The molecule has 0 bridgehead atoms. The molecule has 4 amide bonds. The second-order valence-electron chi connectivity index (χ2n) is 14.9. The van der Waals surface area contributed by atoms with Gasteiger partial charge in [0, 0.05) is 94.5 Å². The summed E-state index contributed by atoms with van der Waals surface area (Å²) in [6.07, 6.45) is 7.43. The number of para-hydroxylation sites is 1. The lowest BCUT2D eigenvalue weighted by molar-refractivity contribution is -0.142. The molecule has 1 saturated carbocycles. The first kappa shape index (κ1) is 33.0. The van der Waals surface area contributed by atoms with Crippen LogP contribution < -0.4 is 5.32 Å². The molecule has 1 unspecified atom stereocenters. The lowest BCUT2D eigenvalue weighted by atomic mass is 9.99. The van der Waals surface area contributed by atoms with E-state index in [9.17, 15) is 14.4 Å². The zero-order valence-corrected chi connectivity index (χ0v) is 29.2. The Balaban J connectivity index is 0.901. The summed E-state index contributed by atoms with van der Waals surface area (Å²) in [7, 11) is 0. The monoisotopic (exact) mass is 682 g/mol. The Kier molecular flexibility index (Phi) is 9.39. The van der Waals surface area contributed by atoms with Gasteiger partial charge < -0.3 is 24.8 Å². The van der Waals surface area contributed by atoms with Crippen LogP contribution in [-0.2, 0) is 22.4 Å². The normalized spacial score (nSPS) is 22.3. The van der Waals surface area contributed by atoms with Gasteiger partial charge in [-0.2, -0.15) is 5.10 Å². The quantitative estimate of drug-likeness (QED) is 0.383. The predicted octanol–water partition coefficient (Wildman–Crippen LogP) is 4.24. The molecule has 3 aromatic rings. The third-order valence-electron chi connectivity index (χ3n) is 11.8. The summed E-state index contributed by atoms with van der Waals surface area (Å²) in [5.74, 6) is -0.115. The lowest BCUT2D eigenvalue weighted by Crippen LogP contribution is -2.55. The number of nitrogens with one attached hydrogen (secondary N) is 2. The van der Waals surface area contributed by atoms with Gasteiger partial charge in [-0.05, 0) is 80.7 Å². The van der Waals surface area contributed by atoms with Crippen LogP contribution in [0.3, 0.4) is 0 Å². The van der Waals surface area contributed by atoms with Gasteiger partial charge >= 0.3 is 12.1 Å². The van der Waals surface area contributed by atoms with E-state index >= 15 is 0 Å². The summed E-state index contributed by atoms with van der Waals surface area (Å²) < 4.78 is 6.15. The van der Waals surface area contributed by atoms with E-state index in [1.807, 2.05) is 41.0 Å². The van der Waals surface area contributed by atoms with Gasteiger partial charge in [0.05, 0.1) is 11.7 Å². The molecule has 2 aromatic carbocycles. The van der Waals surface area contributed by atoms with Gasteiger partial charge in [0.25, 0.3) is 5.91 Å². The summed E-state index contributed by atoms with van der Waals surface area (Å²) in [6, 6.07) is 13.3. The van der Waals surface area contributed by atoms with Crippen LogP contribution in [0.5, 0.6) is 0 Å². The van der Waals surface area contributed by atoms with Gasteiger partial charge in [0.2, 0.25) is 0 Å². The number of aryl methyl sites for hydroxylation is 1. The summed E-state index contributed by atoms with van der Waals surface area (Å²) in [5.41, 5.74) is 4.96. The van der Waals surface area contributed by atoms with Crippen molar-refractivity contribution < 1.29 is 19.1 Å². The molecule has 4 fully saturated rings. The van der Waals surface area contributed by atoms with Crippen LogP contribution in [0, 0.1) is 6.92 Å². The maximum absolute atomic E-state index is 14.2. The van der Waals surface area contributed by atoms with E-state index in [0.717, 1.165) is 84.8 Å². The maximum atomic E-state index is 14.2. The highest BCUT2D eigenvalue weighted by atomic mass is 16.6. The van der Waals surface area contributed by atoms with E-state index in [2.05, 4.69) is 37.4 Å². The first-order valence-electron chi connectivity index (χ1n) is 18.7. The number of amides is 4. The zero-order chi connectivity index (χ0) is 34.2. The number of hydrogen-bond donors (Lipinski definition) is 2. The van der Waals surface area contributed by atoms with Gasteiger partial charge in [-0.15, -0.1) is 0 Å². The number of carbonyl (C=O) groups is 3. The highest BCUT2D eigenvalue weighted by molar-refractivity contribution is 5.91. The standard InChI is InChI=1S/C38H50N8O4/c1-26-22-27(23-29-25-39-41-35(26)29)24-34(36(47)44-13-9-31(10-14-44)43-20-18-42(19-21-43)30-6-7-30)50-38(49)45-15-11-32(12-16-45)46-17-8-28-4-2-3-5-33(28)40-37(46)48/h2-5,22-23,25,30-32,34H,6-21,24H2,1H3,(H,39,41)(H,40,48). The topological polar surface area (TPSA) is 117 Å². The van der Waals surface area contributed by atoms with Crippen molar-refractivity contribution in [2.45, 2.75) is 82.5 Å². The van der Waals surface area contributed by atoms with Crippen molar-refractivity contribution in [1.29, 1.82) is 0 Å². The summed E-state index contributed by atoms with van der Waals surface area (Å²) in [4.78, 5) is 51.9. The number of anilines is 1. The van der Waals surface area contributed by atoms with Crippen molar-refractivity contribution in [3.05, 3.63) is 59.3 Å². The van der Waals surface area contributed by atoms with E-state index in [1.54, 1.807) is 11.1 Å². The average Bonchev–Trinajstić information content (AvgIpc) is 3.91. The van der Waals surface area contributed by atoms with Crippen molar-refractivity contribution in [3.8, 4) is 0 Å². The third kappa shape index (κ3) is 7.05. The van der Waals surface area contributed by atoms with Gasteiger partial charge in [-0.3, -0.25) is 19.7 Å². The predicted molar refractivity (Wildman–Crippen MR) is 191 cm³/mol. The average molecular weight is 683 g/mol. The van der Waals surface area contributed by atoms with Crippen LogP contribution in [0.1, 0.15) is 55.2 Å². The van der Waals surface area contributed by atoms with Crippen molar-refractivity contribution in [1.82, 2.24) is 34.7 Å². The van der Waals surface area contributed by atoms with E-state index < -0.39 is 12.2 Å². The molecule has 8 rings (SSSR count). The lowest BCUT2D eigenvalue weighted by Gasteiger charge is -2.43. The first-order valence-corrected chi connectivity index (χ1v) is 18.7. The summed E-state index contributed by atoms with van der Waals surface area (Å²) >= 11 is 0. The Labute approximate surface area is 294 Å². The number of carbonyl (C=O) groups excluding carboxylic acids is 3.